The highest BCUT2D eigenvalue weighted by molar-refractivity contribution is 9.10. The van der Waals surface area contributed by atoms with Crippen LogP contribution in [-0.4, -0.2) is 28.9 Å². The van der Waals surface area contributed by atoms with Gasteiger partial charge in [0.15, 0.2) is 0 Å². The van der Waals surface area contributed by atoms with E-state index in [-0.39, 0.29) is 11.8 Å². The lowest BCUT2D eigenvalue weighted by Gasteiger charge is -2.25. The van der Waals surface area contributed by atoms with Crippen LogP contribution in [0.15, 0.2) is 22.7 Å². The number of hydrogen-bond donors (Lipinski definition) is 1. The summed E-state index contributed by atoms with van der Waals surface area (Å²) in [5.74, 6) is 0.0465. The van der Waals surface area contributed by atoms with Crippen molar-refractivity contribution in [3.8, 4) is 0 Å². The molecule has 3 nitrogen and oxygen atoms in total. The predicted octanol–water partition coefficient (Wildman–Crippen LogP) is 3.14. The summed E-state index contributed by atoms with van der Waals surface area (Å²) >= 11 is 8.36. The Morgan fingerprint density at radius 3 is 2.63 bits per heavy atom. The van der Waals surface area contributed by atoms with Crippen LogP contribution in [0.4, 0.5) is 0 Å². The minimum atomic E-state index is 0.0228. The molecule has 0 saturated heterocycles. The van der Waals surface area contributed by atoms with E-state index >= 15 is 0 Å². The number of halogens is 1. The van der Waals surface area contributed by atoms with Gasteiger partial charge in [0.1, 0.15) is 0 Å². The van der Waals surface area contributed by atoms with Crippen LogP contribution < -0.4 is 5.73 Å². The molecule has 2 N–H and O–H groups in total. The Kier molecular flexibility index (Phi) is 5.94. The van der Waals surface area contributed by atoms with Gasteiger partial charge < -0.3 is 10.6 Å². The number of carbonyl (C=O) groups excluding carboxylic acids is 1. The van der Waals surface area contributed by atoms with E-state index in [2.05, 4.69) is 15.9 Å². The van der Waals surface area contributed by atoms with Gasteiger partial charge in [-0.05, 0) is 37.6 Å². The summed E-state index contributed by atoms with van der Waals surface area (Å²) in [7, 11) is 0. The van der Waals surface area contributed by atoms with Crippen LogP contribution in [0.1, 0.15) is 29.8 Å². The Labute approximate surface area is 128 Å². The van der Waals surface area contributed by atoms with Crippen LogP contribution >= 0.6 is 28.1 Å². The molecule has 0 bridgehead atoms. The molecule has 0 heterocycles. The minimum Gasteiger partial charge on any atom is -0.393 e. The number of benzene rings is 1. The quantitative estimate of drug-likeness (QED) is 0.836. The third kappa shape index (κ3) is 4.28. The molecule has 19 heavy (non-hydrogen) atoms. The van der Waals surface area contributed by atoms with Crippen molar-refractivity contribution in [3.05, 3.63) is 33.8 Å². The van der Waals surface area contributed by atoms with Crippen molar-refractivity contribution in [2.24, 2.45) is 11.7 Å². The van der Waals surface area contributed by atoms with Crippen molar-refractivity contribution < 1.29 is 4.79 Å². The van der Waals surface area contributed by atoms with Gasteiger partial charge in [0, 0.05) is 29.0 Å². The fourth-order valence-corrected chi connectivity index (χ4v) is 2.36. The smallest absolute Gasteiger partial charge is 0.254 e. The lowest BCUT2D eigenvalue weighted by Crippen LogP contribution is -2.38. The van der Waals surface area contributed by atoms with Gasteiger partial charge in [-0.15, -0.1) is 0 Å². The highest BCUT2D eigenvalue weighted by Gasteiger charge is 2.19. The van der Waals surface area contributed by atoms with Gasteiger partial charge in [0.05, 0.1) is 4.99 Å². The van der Waals surface area contributed by atoms with Gasteiger partial charge in [0.25, 0.3) is 5.91 Å². The second-order valence-corrected chi connectivity index (χ2v) is 5.99. The second-order valence-electron chi connectivity index (χ2n) is 4.61. The summed E-state index contributed by atoms with van der Waals surface area (Å²) in [6, 6.07) is 5.67. The third-order valence-electron chi connectivity index (χ3n) is 3.07. The number of rotatable bonds is 5. The van der Waals surface area contributed by atoms with E-state index < -0.39 is 0 Å². The van der Waals surface area contributed by atoms with Crippen LogP contribution in [-0.2, 0) is 0 Å². The molecule has 0 aromatic heterocycles. The zero-order chi connectivity index (χ0) is 14.6. The highest BCUT2D eigenvalue weighted by atomic mass is 79.9. The first-order valence-electron chi connectivity index (χ1n) is 6.21. The molecule has 5 heteroatoms. The van der Waals surface area contributed by atoms with Crippen molar-refractivity contribution in [1.82, 2.24) is 4.90 Å². The molecular weight excluding hydrogens is 324 g/mol. The molecule has 0 spiro atoms. The third-order valence-corrected chi connectivity index (χ3v) is 3.96. The fraction of sp³-hybridized carbons (Fsp3) is 0.429. The molecule has 0 aliphatic carbocycles. The Hall–Kier alpha value is -0.940. The predicted molar refractivity (Wildman–Crippen MR) is 86.4 cm³/mol. The van der Waals surface area contributed by atoms with E-state index in [1.54, 1.807) is 4.90 Å². The van der Waals surface area contributed by atoms with Gasteiger partial charge in [0.2, 0.25) is 0 Å². The fourth-order valence-electron chi connectivity index (χ4n) is 1.81. The van der Waals surface area contributed by atoms with E-state index in [4.69, 9.17) is 18.0 Å². The lowest BCUT2D eigenvalue weighted by molar-refractivity contribution is 0.0754. The molecule has 1 aromatic carbocycles. The zero-order valence-corrected chi connectivity index (χ0v) is 13.8. The number of hydrogen-bond acceptors (Lipinski definition) is 2. The first-order valence-corrected chi connectivity index (χ1v) is 7.41. The molecule has 0 aliphatic rings. The first kappa shape index (κ1) is 16.1. The molecule has 0 saturated carbocycles. The highest BCUT2D eigenvalue weighted by Crippen LogP contribution is 2.18. The van der Waals surface area contributed by atoms with Gasteiger partial charge in [-0.3, -0.25) is 4.79 Å². The summed E-state index contributed by atoms with van der Waals surface area (Å²) in [5, 5.41) is 0. The molecule has 1 rings (SSSR count). The number of thiocarbonyl (C=S) groups is 1. The molecular formula is C14H19BrN2OS. The number of nitrogens with two attached hydrogens (primary N) is 1. The first-order chi connectivity index (χ1) is 8.86. The number of carbonyl (C=O) groups is 1. The van der Waals surface area contributed by atoms with Crippen LogP contribution in [0.25, 0.3) is 0 Å². The van der Waals surface area contributed by atoms with E-state index in [0.717, 1.165) is 15.6 Å². The maximum Gasteiger partial charge on any atom is 0.254 e. The lowest BCUT2D eigenvalue weighted by atomic mass is 10.1. The maximum absolute atomic E-state index is 12.5. The Balaban J connectivity index is 2.92. The van der Waals surface area contributed by atoms with Crippen molar-refractivity contribution in [3.63, 3.8) is 0 Å². The number of nitrogens with zero attached hydrogens (tertiary/aromatic N) is 1. The average molecular weight is 343 g/mol. The molecule has 1 unspecified atom stereocenters. The molecule has 0 fully saturated rings. The Bertz CT molecular complexity index is 490. The SMILES string of the molecule is CCN(CC(C)C(N)=S)C(=O)c1ccc(Br)cc1C. The van der Waals surface area contributed by atoms with Crippen LogP contribution in [0, 0.1) is 12.8 Å². The van der Waals surface area contributed by atoms with Crippen molar-refractivity contribution >= 4 is 39.0 Å². The number of aryl methyl sites for hydroxylation is 1. The summed E-state index contributed by atoms with van der Waals surface area (Å²) in [4.78, 5) is 14.7. The summed E-state index contributed by atoms with van der Waals surface area (Å²) < 4.78 is 0.973. The summed E-state index contributed by atoms with van der Waals surface area (Å²) in [5.41, 5.74) is 7.30. The van der Waals surface area contributed by atoms with Crippen molar-refractivity contribution in [2.75, 3.05) is 13.1 Å². The Morgan fingerprint density at radius 2 is 2.16 bits per heavy atom. The molecule has 104 valence electrons. The second kappa shape index (κ2) is 7.01. The van der Waals surface area contributed by atoms with Gasteiger partial charge in [-0.25, -0.2) is 0 Å². The zero-order valence-electron chi connectivity index (χ0n) is 11.4. The minimum absolute atomic E-state index is 0.0228. The van der Waals surface area contributed by atoms with Gasteiger partial charge >= 0.3 is 0 Å². The van der Waals surface area contributed by atoms with Crippen molar-refractivity contribution in [1.29, 1.82) is 0 Å². The normalized spacial score (nSPS) is 12.0. The summed E-state index contributed by atoms with van der Waals surface area (Å²) in [6.45, 7) is 7.02. The molecule has 0 radical (unpaired) electrons. The topological polar surface area (TPSA) is 46.3 Å². The van der Waals surface area contributed by atoms with E-state index in [1.165, 1.54) is 0 Å². The van der Waals surface area contributed by atoms with E-state index in [0.29, 0.717) is 18.1 Å². The van der Waals surface area contributed by atoms with Gasteiger partial charge in [-0.1, -0.05) is 35.1 Å². The van der Waals surface area contributed by atoms with E-state index in [1.807, 2.05) is 39.0 Å². The largest absolute Gasteiger partial charge is 0.393 e. The van der Waals surface area contributed by atoms with E-state index in [9.17, 15) is 4.79 Å². The summed E-state index contributed by atoms with van der Waals surface area (Å²) in [6.07, 6.45) is 0. The van der Waals surface area contributed by atoms with Crippen LogP contribution in [0.3, 0.4) is 0 Å². The average Bonchev–Trinajstić information content (AvgIpc) is 2.34. The molecule has 0 aliphatic heterocycles. The Morgan fingerprint density at radius 1 is 1.53 bits per heavy atom. The standard InChI is InChI=1S/C14H19BrN2OS/c1-4-17(8-10(3)13(16)19)14(18)12-6-5-11(15)7-9(12)2/h5-7,10H,4,8H2,1-3H3,(H2,16,19). The molecule has 1 aromatic rings. The monoisotopic (exact) mass is 342 g/mol. The van der Waals surface area contributed by atoms with Gasteiger partial charge in [-0.2, -0.15) is 0 Å². The maximum atomic E-state index is 12.5. The van der Waals surface area contributed by atoms with Crippen LogP contribution in [0.2, 0.25) is 0 Å². The van der Waals surface area contributed by atoms with Crippen LogP contribution in [0.5, 0.6) is 0 Å². The molecule has 1 amide bonds. The van der Waals surface area contributed by atoms with Crippen molar-refractivity contribution in [2.45, 2.75) is 20.8 Å². The molecule has 1 atom stereocenters. The number of amides is 1.